The van der Waals surface area contributed by atoms with E-state index >= 15 is 0 Å². The molecule has 0 radical (unpaired) electrons. The molecular formula is C20H18F2N4O. The van der Waals surface area contributed by atoms with E-state index in [4.69, 9.17) is 0 Å². The van der Waals surface area contributed by atoms with Gasteiger partial charge in [-0.2, -0.15) is 0 Å². The highest BCUT2D eigenvalue weighted by molar-refractivity contribution is 6.03. The fraction of sp³-hybridized carbons (Fsp3) is 0.150. The van der Waals surface area contributed by atoms with Gasteiger partial charge in [-0.25, -0.2) is 18.7 Å². The third-order valence-corrected chi connectivity index (χ3v) is 3.90. The first-order valence-electron chi connectivity index (χ1n) is 8.28. The van der Waals surface area contributed by atoms with Gasteiger partial charge in [0.25, 0.3) is 5.91 Å². The molecule has 0 spiro atoms. The van der Waals surface area contributed by atoms with Gasteiger partial charge in [0.1, 0.15) is 17.3 Å². The number of aryl methyl sites for hydroxylation is 3. The van der Waals surface area contributed by atoms with Gasteiger partial charge >= 0.3 is 0 Å². The summed E-state index contributed by atoms with van der Waals surface area (Å²) >= 11 is 0. The normalized spacial score (nSPS) is 10.6. The third-order valence-electron chi connectivity index (χ3n) is 3.90. The Labute approximate surface area is 155 Å². The van der Waals surface area contributed by atoms with E-state index in [1.165, 1.54) is 12.1 Å². The van der Waals surface area contributed by atoms with Crippen molar-refractivity contribution in [3.63, 3.8) is 0 Å². The van der Waals surface area contributed by atoms with Gasteiger partial charge in [-0.05, 0) is 50.1 Å². The van der Waals surface area contributed by atoms with Gasteiger partial charge in [-0.1, -0.05) is 12.1 Å². The molecule has 0 aliphatic rings. The summed E-state index contributed by atoms with van der Waals surface area (Å²) in [5.74, 6) is -1.62. The number of hydrogen-bond donors (Lipinski definition) is 2. The highest BCUT2D eigenvalue weighted by Crippen LogP contribution is 2.20. The monoisotopic (exact) mass is 368 g/mol. The molecule has 5 nitrogen and oxygen atoms in total. The second-order valence-corrected chi connectivity index (χ2v) is 6.21. The minimum Gasteiger partial charge on any atom is -0.340 e. The first kappa shape index (κ1) is 18.4. The average Bonchev–Trinajstić information content (AvgIpc) is 2.61. The van der Waals surface area contributed by atoms with Gasteiger partial charge in [0.2, 0.25) is 0 Å². The molecule has 0 unspecified atom stereocenters. The highest BCUT2D eigenvalue weighted by atomic mass is 19.2. The van der Waals surface area contributed by atoms with Crippen molar-refractivity contribution in [3.05, 3.63) is 76.7 Å². The summed E-state index contributed by atoms with van der Waals surface area (Å²) in [6.07, 6.45) is 0. The summed E-state index contributed by atoms with van der Waals surface area (Å²) in [5.41, 5.74) is 3.13. The van der Waals surface area contributed by atoms with Gasteiger partial charge in [0, 0.05) is 23.5 Å². The summed E-state index contributed by atoms with van der Waals surface area (Å²) in [5, 5.41) is 5.69. The van der Waals surface area contributed by atoms with Crippen molar-refractivity contribution in [2.45, 2.75) is 20.8 Å². The number of benzene rings is 2. The number of halogens is 2. The zero-order valence-electron chi connectivity index (χ0n) is 15.1. The fourth-order valence-electron chi connectivity index (χ4n) is 2.53. The second-order valence-electron chi connectivity index (χ2n) is 6.21. The standard InChI is InChI=1S/C20H18F2N4O/c1-11-4-5-12(2)17(8-11)26-20(27)18-10-19(24-13(3)23-18)25-14-6-7-15(21)16(22)9-14/h4-10H,1-3H3,(H,26,27)(H,23,24,25). The fourth-order valence-corrected chi connectivity index (χ4v) is 2.53. The minimum absolute atomic E-state index is 0.161. The number of nitrogens with zero attached hydrogens (tertiary/aromatic N) is 2. The molecular weight excluding hydrogens is 350 g/mol. The van der Waals surface area contributed by atoms with Crippen LogP contribution in [0.1, 0.15) is 27.4 Å². The van der Waals surface area contributed by atoms with Crippen molar-refractivity contribution < 1.29 is 13.6 Å². The van der Waals surface area contributed by atoms with Crippen molar-refractivity contribution in [3.8, 4) is 0 Å². The maximum absolute atomic E-state index is 13.4. The Bertz CT molecular complexity index is 1020. The van der Waals surface area contributed by atoms with Crippen LogP contribution < -0.4 is 10.6 Å². The van der Waals surface area contributed by atoms with Crippen LogP contribution in [0.4, 0.5) is 26.0 Å². The lowest BCUT2D eigenvalue weighted by Gasteiger charge is -2.11. The van der Waals surface area contributed by atoms with Crippen molar-refractivity contribution in [2.24, 2.45) is 0 Å². The number of amides is 1. The van der Waals surface area contributed by atoms with Crippen LogP contribution in [0, 0.1) is 32.4 Å². The van der Waals surface area contributed by atoms with E-state index in [1.54, 1.807) is 6.92 Å². The Hall–Kier alpha value is -3.35. The lowest BCUT2D eigenvalue weighted by atomic mass is 10.1. The zero-order chi connectivity index (χ0) is 19.6. The summed E-state index contributed by atoms with van der Waals surface area (Å²) < 4.78 is 26.4. The predicted molar refractivity (Wildman–Crippen MR) is 100 cm³/mol. The molecule has 0 saturated heterocycles. The van der Waals surface area contributed by atoms with Crippen LogP contribution in [-0.4, -0.2) is 15.9 Å². The largest absolute Gasteiger partial charge is 0.340 e. The van der Waals surface area contributed by atoms with Crippen LogP contribution in [0.15, 0.2) is 42.5 Å². The van der Waals surface area contributed by atoms with E-state index in [2.05, 4.69) is 20.6 Å². The van der Waals surface area contributed by atoms with Crippen LogP contribution in [-0.2, 0) is 0 Å². The Balaban J connectivity index is 1.84. The number of aromatic nitrogens is 2. The quantitative estimate of drug-likeness (QED) is 0.702. The van der Waals surface area contributed by atoms with Crippen molar-refractivity contribution in [2.75, 3.05) is 10.6 Å². The third kappa shape index (κ3) is 4.44. The molecule has 0 aliphatic heterocycles. The molecule has 0 fully saturated rings. The molecule has 2 aromatic carbocycles. The van der Waals surface area contributed by atoms with Crippen molar-refractivity contribution in [1.82, 2.24) is 9.97 Å². The van der Waals surface area contributed by atoms with Gasteiger partial charge in [0.05, 0.1) is 0 Å². The van der Waals surface area contributed by atoms with Crippen LogP contribution in [0.5, 0.6) is 0 Å². The Morgan fingerprint density at radius 1 is 0.926 bits per heavy atom. The smallest absolute Gasteiger partial charge is 0.274 e. The van der Waals surface area contributed by atoms with Gasteiger partial charge < -0.3 is 10.6 Å². The number of nitrogens with one attached hydrogen (secondary N) is 2. The van der Waals surface area contributed by atoms with E-state index in [1.807, 2.05) is 32.0 Å². The second kappa shape index (κ2) is 7.49. The van der Waals surface area contributed by atoms with Crippen LogP contribution >= 0.6 is 0 Å². The summed E-state index contributed by atoms with van der Waals surface area (Å²) in [7, 11) is 0. The molecule has 3 aromatic rings. The van der Waals surface area contributed by atoms with E-state index in [9.17, 15) is 13.6 Å². The Kier molecular flexibility index (Phi) is 5.12. The summed E-state index contributed by atoms with van der Waals surface area (Å²) in [6, 6.07) is 10.6. The molecule has 2 N–H and O–H groups in total. The first-order chi connectivity index (χ1) is 12.8. The highest BCUT2D eigenvalue weighted by Gasteiger charge is 2.13. The Morgan fingerprint density at radius 3 is 2.44 bits per heavy atom. The van der Waals surface area contributed by atoms with Gasteiger partial charge in [-0.3, -0.25) is 4.79 Å². The number of anilines is 3. The number of hydrogen-bond acceptors (Lipinski definition) is 4. The SMILES string of the molecule is Cc1ccc(C)c(NC(=O)c2cc(Nc3ccc(F)c(F)c3)nc(C)n2)c1. The van der Waals surface area contributed by atoms with E-state index in [-0.39, 0.29) is 11.6 Å². The van der Waals surface area contributed by atoms with Crippen LogP contribution in [0.3, 0.4) is 0 Å². The summed E-state index contributed by atoms with van der Waals surface area (Å²) in [4.78, 5) is 20.9. The van der Waals surface area contributed by atoms with E-state index < -0.39 is 11.6 Å². The molecule has 138 valence electrons. The maximum atomic E-state index is 13.4. The van der Waals surface area contributed by atoms with Crippen molar-refractivity contribution >= 4 is 23.1 Å². The van der Waals surface area contributed by atoms with E-state index in [0.717, 1.165) is 23.3 Å². The molecule has 0 atom stereocenters. The Morgan fingerprint density at radius 2 is 1.70 bits per heavy atom. The molecule has 1 aromatic heterocycles. The summed E-state index contributed by atoms with van der Waals surface area (Å²) in [6.45, 7) is 5.48. The van der Waals surface area contributed by atoms with Crippen LogP contribution in [0.25, 0.3) is 0 Å². The molecule has 0 aliphatic carbocycles. The molecule has 1 heterocycles. The predicted octanol–water partition coefficient (Wildman–Crippen LogP) is 4.68. The molecule has 0 saturated carbocycles. The average molecular weight is 368 g/mol. The lowest BCUT2D eigenvalue weighted by molar-refractivity contribution is 0.102. The lowest BCUT2D eigenvalue weighted by Crippen LogP contribution is -2.16. The van der Waals surface area contributed by atoms with Crippen LogP contribution in [0.2, 0.25) is 0 Å². The maximum Gasteiger partial charge on any atom is 0.274 e. The molecule has 3 rings (SSSR count). The molecule has 7 heteroatoms. The first-order valence-corrected chi connectivity index (χ1v) is 8.28. The molecule has 1 amide bonds. The van der Waals surface area contributed by atoms with E-state index in [0.29, 0.717) is 23.0 Å². The molecule has 0 bridgehead atoms. The molecule has 27 heavy (non-hydrogen) atoms. The number of carbonyl (C=O) groups excluding carboxylic acids is 1. The number of rotatable bonds is 4. The number of carbonyl (C=O) groups is 1. The van der Waals surface area contributed by atoms with Gasteiger partial charge in [0.15, 0.2) is 11.6 Å². The topological polar surface area (TPSA) is 66.9 Å². The minimum atomic E-state index is -0.973. The van der Waals surface area contributed by atoms with Gasteiger partial charge in [-0.15, -0.1) is 0 Å². The zero-order valence-corrected chi connectivity index (χ0v) is 15.1. The van der Waals surface area contributed by atoms with Crippen molar-refractivity contribution in [1.29, 1.82) is 0 Å².